The van der Waals surface area contributed by atoms with Crippen molar-refractivity contribution in [2.45, 2.75) is 32.6 Å². The summed E-state index contributed by atoms with van der Waals surface area (Å²) >= 11 is 0. The molecule has 2 amide bonds. The molecule has 0 aromatic heterocycles. The van der Waals surface area contributed by atoms with Crippen molar-refractivity contribution in [2.75, 3.05) is 10.6 Å². The van der Waals surface area contributed by atoms with Crippen LogP contribution in [0.25, 0.3) is 0 Å². The van der Waals surface area contributed by atoms with Gasteiger partial charge < -0.3 is 10.6 Å². The molecule has 0 aliphatic heterocycles. The summed E-state index contributed by atoms with van der Waals surface area (Å²) in [5.41, 5.74) is 2.70. The molecule has 3 rings (SSSR count). The van der Waals surface area contributed by atoms with Gasteiger partial charge in [0.25, 0.3) is 5.91 Å². The molecule has 1 aliphatic rings. The van der Waals surface area contributed by atoms with Gasteiger partial charge in [0, 0.05) is 5.92 Å². The van der Waals surface area contributed by atoms with Crippen molar-refractivity contribution in [1.29, 1.82) is 5.26 Å². The third-order valence-corrected chi connectivity index (χ3v) is 4.70. The van der Waals surface area contributed by atoms with Crippen LogP contribution in [0.3, 0.4) is 0 Å². The van der Waals surface area contributed by atoms with Crippen molar-refractivity contribution in [3.63, 3.8) is 0 Å². The van der Waals surface area contributed by atoms with Gasteiger partial charge >= 0.3 is 0 Å². The number of nitriles is 1. The highest BCUT2D eigenvalue weighted by Crippen LogP contribution is 2.29. The fourth-order valence-corrected chi connectivity index (χ4v) is 3.26. The molecular formula is C21H21N3O2. The van der Waals surface area contributed by atoms with Crippen LogP contribution in [0, 0.1) is 24.2 Å². The number of carbonyl (C=O) groups excluding carboxylic acids is 2. The van der Waals surface area contributed by atoms with Crippen molar-refractivity contribution in [1.82, 2.24) is 0 Å². The van der Waals surface area contributed by atoms with Gasteiger partial charge in [-0.05, 0) is 49.6 Å². The van der Waals surface area contributed by atoms with Crippen molar-refractivity contribution in [2.24, 2.45) is 5.92 Å². The summed E-state index contributed by atoms with van der Waals surface area (Å²) in [5, 5.41) is 15.0. The molecule has 0 unspecified atom stereocenters. The van der Waals surface area contributed by atoms with Crippen LogP contribution in [-0.2, 0) is 4.79 Å². The molecule has 5 nitrogen and oxygen atoms in total. The van der Waals surface area contributed by atoms with Gasteiger partial charge in [-0.1, -0.05) is 31.0 Å². The molecule has 2 N–H and O–H groups in total. The lowest BCUT2D eigenvalue weighted by Crippen LogP contribution is -2.22. The molecule has 0 heterocycles. The molecule has 132 valence electrons. The van der Waals surface area contributed by atoms with Crippen molar-refractivity contribution >= 4 is 23.2 Å². The first-order valence-electron chi connectivity index (χ1n) is 8.80. The number of carbonyl (C=O) groups is 2. The van der Waals surface area contributed by atoms with E-state index in [0.717, 1.165) is 31.2 Å². The first-order valence-corrected chi connectivity index (χ1v) is 8.80. The SMILES string of the molecule is Cc1ccc(NC(=O)C2CCCC2)c(NC(=O)c2ccccc2C#N)c1. The fourth-order valence-electron chi connectivity index (χ4n) is 3.26. The van der Waals surface area contributed by atoms with E-state index in [0.29, 0.717) is 22.5 Å². The molecule has 5 heteroatoms. The number of rotatable bonds is 4. The van der Waals surface area contributed by atoms with E-state index in [-0.39, 0.29) is 17.7 Å². The highest BCUT2D eigenvalue weighted by Gasteiger charge is 2.23. The zero-order chi connectivity index (χ0) is 18.5. The molecule has 2 aromatic carbocycles. The Morgan fingerprint density at radius 2 is 1.77 bits per heavy atom. The normalized spacial score (nSPS) is 13.8. The predicted octanol–water partition coefficient (Wildman–Crippen LogP) is 4.25. The van der Waals surface area contributed by atoms with E-state index < -0.39 is 0 Å². The zero-order valence-electron chi connectivity index (χ0n) is 14.7. The molecule has 1 aliphatic carbocycles. The Balaban J connectivity index is 1.82. The summed E-state index contributed by atoms with van der Waals surface area (Å²) in [7, 11) is 0. The number of anilines is 2. The second-order valence-electron chi connectivity index (χ2n) is 6.63. The van der Waals surface area contributed by atoms with Crippen LogP contribution < -0.4 is 10.6 Å². The Bertz CT molecular complexity index is 877. The number of amides is 2. The molecular weight excluding hydrogens is 326 g/mol. The van der Waals surface area contributed by atoms with Gasteiger partial charge in [0.15, 0.2) is 0 Å². The second-order valence-corrected chi connectivity index (χ2v) is 6.63. The van der Waals surface area contributed by atoms with Crippen LogP contribution in [0.2, 0.25) is 0 Å². The predicted molar refractivity (Wildman–Crippen MR) is 101 cm³/mol. The van der Waals surface area contributed by atoms with E-state index in [9.17, 15) is 14.9 Å². The minimum absolute atomic E-state index is 0.000669. The Labute approximate surface area is 153 Å². The van der Waals surface area contributed by atoms with E-state index in [1.165, 1.54) is 0 Å². The highest BCUT2D eigenvalue weighted by molar-refractivity contribution is 6.08. The first kappa shape index (κ1) is 17.7. The topological polar surface area (TPSA) is 82.0 Å². The van der Waals surface area contributed by atoms with Crippen molar-refractivity contribution in [3.8, 4) is 6.07 Å². The standard InChI is InChI=1S/C21H21N3O2/c1-14-10-11-18(23-20(25)15-6-2-3-7-15)19(12-14)24-21(26)17-9-5-4-8-16(17)13-22/h4-5,8-12,15H,2-3,6-7H2,1H3,(H,23,25)(H,24,26). The van der Waals surface area contributed by atoms with Crippen LogP contribution in [0.1, 0.15) is 47.2 Å². The summed E-state index contributed by atoms with van der Waals surface area (Å²) in [5.74, 6) is -0.331. The van der Waals surface area contributed by atoms with E-state index in [2.05, 4.69) is 10.6 Å². The van der Waals surface area contributed by atoms with Gasteiger partial charge in [-0.2, -0.15) is 5.26 Å². The molecule has 0 saturated heterocycles. The van der Waals surface area contributed by atoms with Crippen molar-refractivity contribution in [3.05, 3.63) is 59.2 Å². The average molecular weight is 347 g/mol. The summed E-state index contributed by atoms with van der Waals surface area (Å²) in [4.78, 5) is 25.1. The minimum atomic E-state index is -0.371. The van der Waals surface area contributed by atoms with E-state index >= 15 is 0 Å². The molecule has 0 spiro atoms. The lowest BCUT2D eigenvalue weighted by molar-refractivity contribution is -0.119. The molecule has 26 heavy (non-hydrogen) atoms. The number of hydrogen-bond donors (Lipinski definition) is 2. The molecule has 1 fully saturated rings. The molecule has 0 atom stereocenters. The zero-order valence-corrected chi connectivity index (χ0v) is 14.7. The number of hydrogen-bond acceptors (Lipinski definition) is 3. The second kappa shape index (κ2) is 7.83. The summed E-state index contributed by atoms with van der Waals surface area (Å²) < 4.78 is 0. The number of nitrogens with one attached hydrogen (secondary N) is 2. The molecule has 0 bridgehead atoms. The molecule has 1 saturated carbocycles. The van der Waals surface area contributed by atoms with Crippen LogP contribution in [0.4, 0.5) is 11.4 Å². The quantitative estimate of drug-likeness (QED) is 0.867. The smallest absolute Gasteiger partial charge is 0.257 e. The molecule has 2 aromatic rings. The van der Waals surface area contributed by atoms with E-state index in [4.69, 9.17) is 0 Å². The Kier molecular flexibility index (Phi) is 5.33. The molecule has 0 radical (unpaired) electrons. The minimum Gasteiger partial charge on any atom is -0.324 e. The average Bonchev–Trinajstić information content (AvgIpc) is 3.18. The number of aryl methyl sites for hydroxylation is 1. The monoisotopic (exact) mass is 347 g/mol. The maximum atomic E-state index is 12.6. The maximum absolute atomic E-state index is 12.6. The van der Waals surface area contributed by atoms with Crippen LogP contribution in [0.5, 0.6) is 0 Å². The fraction of sp³-hybridized carbons (Fsp3) is 0.286. The van der Waals surface area contributed by atoms with E-state index in [1.807, 2.05) is 25.1 Å². The summed E-state index contributed by atoms with van der Waals surface area (Å²) in [6.45, 7) is 1.92. The Morgan fingerprint density at radius 3 is 2.50 bits per heavy atom. The van der Waals surface area contributed by atoms with Gasteiger partial charge in [0.2, 0.25) is 5.91 Å². The van der Waals surface area contributed by atoms with Crippen LogP contribution in [0.15, 0.2) is 42.5 Å². The van der Waals surface area contributed by atoms with Gasteiger partial charge in [0.05, 0.1) is 28.6 Å². The third-order valence-electron chi connectivity index (χ3n) is 4.70. The first-order chi connectivity index (χ1) is 12.6. The van der Waals surface area contributed by atoms with E-state index in [1.54, 1.807) is 30.3 Å². The lowest BCUT2D eigenvalue weighted by atomic mass is 10.1. The van der Waals surface area contributed by atoms with Gasteiger partial charge in [-0.25, -0.2) is 0 Å². The van der Waals surface area contributed by atoms with Gasteiger partial charge in [-0.3, -0.25) is 9.59 Å². The summed E-state index contributed by atoms with van der Waals surface area (Å²) in [6, 6.07) is 14.2. The van der Waals surface area contributed by atoms with Crippen molar-refractivity contribution < 1.29 is 9.59 Å². The van der Waals surface area contributed by atoms with Crippen LogP contribution >= 0.6 is 0 Å². The van der Waals surface area contributed by atoms with Crippen LogP contribution in [-0.4, -0.2) is 11.8 Å². The van der Waals surface area contributed by atoms with Gasteiger partial charge in [-0.15, -0.1) is 0 Å². The largest absolute Gasteiger partial charge is 0.324 e. The number of nitrogens with zero attached hydrogens (tertiary/aromatic N) is 1. The highest BCUT2D eigenvalue weighted by atomic mass is 16.2. The number of benzene rings is 2. The maximum Gasteiger partial charge on any atom is 0.257 e. The third kappa shape index (κ3) is 3.92. The Morgan fingerprint density at radius 1 is 1.04 bits per heavy atom. The lowest BCUT2D eigenvalue weighted by Gasteiger charge is -2.16. The van der Waals surface area contributed by atoms with Gasteiger partial charge in [0.1, 0.15) is 0 Å². The summed E-state index contributed by atoms with van der Waals surface area (Å²) in [6.07, 6.45) is 3.99. The Hall–Kier alpha value is -3.13.